The number of ether oxygens (including phenoxy) is 3. The van der Waals surface area contributed by atoms with Crippen molar-refractivity contribution in [1.29, 1.82) is 0 Å². The van der Waals surface area contributed by atoms with E-state index in [-0.39, 0.29) is 73.0 Å². The molecular weight excluding hydrogens is 815 g/mol. The van der Waals surface area contributed by atoms with Crippen LogP contribution in [-0.2, 0) is 0 Å². The molecule has 0 fully saturated rings. The number of alkyl halides is 9. The van der Waals surface area contributed by atoms with Gasteiger partial charge >= 0.3 is 19.1 Å². The van der Waals surface area contributed by atoms with Crippen LogP contribution in [0.5, 0.6) is 17.2 Å². The van der Waals surface area contributed by atoms with Crippen LogP contribution < -0.4 is 64.7 Å². The maximum Gasteiger partial charge on any atom is 0.573 e. The maximum absolute atomic E-state index is 12.5. The molecule has 3 aromatic rings. The molecule has 0 amide bonds. The number of hydrogen-bond donors (Lipinski definition) is 9. The molecule has 0 heterocycles. The van der Waals surface area contributed by atoms with Gasteiger partial charge in [0.1, 0.15) is 17.2 Å². The van der Waals surface area contributed by atoms with Gasteiger partial charge in [0.05, 0.1) is 18.8 Å². The van der Waals surface area contributed by atoms with E-state index in [1.54, 1.807) is 0 Å². The zero-order valence-electron chi connectivity index (χ0n) is 30.0. The number of nitrogens with two attached hydrogens (primary N) is 6. The highest BCUT2D eigenvalue weighted by atomic mass is 19.4. The van der Waals surface area contributed by atoms with Crippen molar-refractivity contribution >= 4 is 52.8 Å². The Morgan fingerprint density at radius 1 is 0.492 bits per heavy atom. The highest BCUT2D eigenvalue weighted by molar-refractivity contribution is 6.01. The molecule has 0 aliphatic heterocycles. The first kappa shape index (κ1) is 46.0. The third-order valence-corrected chi connectivity index (χ3v) is 6.30. The zero-order chi connectivity index (χ0) is 43.8. The molecule has 19 nitrogen and oxygen atoms in total. The van der Waals surface area contributed by atoms with Gasteiger partial charge in [0.15, 0.2) is 0 Å². The molecule has 0 saturated carbocycles. The van der Waals surface area contributed by atoms with E-state index in [0.717, 1.165) is 36.4 Å². The van der Waals surface area contributed by atoms with Crippen molar-refractivity contribution in [3.05, 3.63) is 72.8 Å². The second kappa shape index (κ2) is 20.7. The molecule has 0 radical (unpaired) electrons. The van der Waals surface area contributed by atoms with Crippen LogP contribution >= 0.6 is 0 Å². The summed E-state index contributed by atoms with van der Waals surface area (Å²) in [6.07, 6.45) is -14.6. The van der Waals surface area contributed by atoms with E-state index in [9.17, 15) is 39.5 Å². The fraction of sp³-hybridized carbons (Fsp3) is 0.226. The summed E-state index contributed by atoms with van der Waals surface area (Å²) in [6, 6.07) is 13.6. The second-order valence-electron chi connectivity index (χ2n) is 11.0. The van der Waals surface area contributed by atoms with Crippen LogP contribution in [0.4, 0.5) is 56.6 Å². The Hall–Kier alpha value is -7.39. The number of benzene rings is 3. The summed E-state index contributed by atoms with van der Waals surface area (Å²) in [7, 11) is 0. The Bertz CT molecular complexity index is 1900. The Kier molecular flexibility index (Phi) is 16.1. The van der Waals surface area contributed by atoms with E-state index >= 15 is 0 Å². The SMILES string of the molecule is NC(=NCCN(CCN=C(N)N=C(N)Nc1ccc(OC(F)(F)F)cc1)NC(N)=NC(N)=Nc1ccc(OC(F)(F)F)cc1)N=C(N)Nc1ccc(OC(F)(F)F)cc1. The summed E-state index contributed by atoms with van der Waals surface area (Å²) < 4.78 is 123. The zero-order valence-corrected chi connectivity index (χ0v) is 30.0. The molecule has 0 spiro atoms. The molecule has 0 saturated heterocycles. The van der Waals surface area contributed by atoms with E-state index in [0.29, 0.717) is 0 Å². The van der Waals surface area contributed by atoms with Crippen molar-refractivity contribution in [1.82, 2.24) is 10.4 Å². The van der Waals surface area contributed by atoms with Gasteiger partial charge < -0.3 is 59.2 Å². The Morgan fingerprint density at radius 3 is 1.19 bits per heavy atom. The molecule has 0 unspecified atom stereocenters. The number of hydrogen-bond acceptors (Lipinski definition) is 7. The monoisotopic (exact) mass is 850 g/mol. The highest BCUT2D eigenvalue weighted by Gasteiger charge is 2.32. The average molecular weight is 851 g/mol. The van der Waals surface area contributed by atoms with Crippen LogP contribution in [0.2, 0.25) is 0 Å². The predicted octanol–water partition coefficient (Wildman–Crippen LogP) is 2.93. The summed E-state index contributed by atoms with van der Waals surface area (Å²) in [4.78, 5) is 23.8. The molecule has 59 heavy (non-hydrogen) atoms. The molecule has 0 aliphatic rings. The molecule has 0 bridgehead atoms. The molecule has 0 atom stereocenters. The fourth-order valence-corrected chi connectivity index (χ4v) is 4.13. The second-order valence-corrected chi connectivity index (χ2v) is 11.0. The lowest BCUT2D eigenvalue weighted by atomic mass is 10.3. The smallest absolute Gasteiger partial charge is 0.406 e. The summed E-state index contributed by atoms with van der Waals surface area (Å²) in [5.41, 5.74) is 38.5. The topological polar surface area (TPSA) is 297 Å². The number of guanidine groups is 6. The molecule has 3 aromatic carbocycles. The third kappa shape index (κ3) is 19.9. The maximum atomic E-state index is 12.5. The first-order valence-corrected chi connectivity index (χ1v) is 16.1. The first-order valence-electron chi connectivity index (χ1n) is 16.1. The minimum atomic E-state index is -4.89. The minimum absolute atomic E-state index is 0.0224. The van der Waals surface area contributed by atoms with Crippen molar-refractivity contribution in [2.75, 3.05) is 36.8 Å². The van der Waals surface area contributed by atoms with Crippen LogP contribution in [0.3, 0.4) is 0 Å². The number of aliphatic imine (C=N–C) groups is 6. The van der Waals surface area contributed by atoms with Crippen molar-refractivity contribution < 1.29 is 53.7 Å². The van der Waals surface area contributed by atoms with Gasteiger partial charge in [-0.2, -0.15) is 15.0 Å². The van der Waals surface area contributed by atoms with Crippen molar-refractivity contribution in [2.45, 2.75) is 19.1 Å². The molecule has 15 N–H and O–H groups in total. The minimum Gasteiger partial charge on any atom is -0.406 e. The van der Waals surface area contributed by atoms with Crippen molar-refractivity contribution in [3.8, 4) is 17.2 Å². The van der Waals surface area contributed by atoms with E-state index < -0.39 is 42.3 Å². The van der Waals surface area contributed by atoms with Gasteiger partial charge in [0.25, 0.3) is 0 Å². The molecule has 320 valence electrons. The Morgan fingerprint density at radius 2 is 0.831 bits per heavy atom. The summed E-state index contributed by atoms with van der Waals surface area (Å²) in [5.74, 6) is -3.25. The Balaban J connectivity index is 1.68. The normalized spacial score (nSPS) is 13.9. The van der Waals surface area contributed by atoms with Gasteiger partial charge in [0, 0.05) is 24.5 Å². The summed E-state index contributed by atoms with van der Waals surface area (Å²) in [5, 5.41) is 6.66. The lowest BCUT2D eigenvalue weighted by Crippen LogP contribution is -2.48. The van der Waals surface area contributed by atoms with Gasteiger partial charge in [-0.05, 0) is 72.8 Å². The molecule has 28 heteroatoms. The molecule has 3 rings (SSSR count). The first-order chi connectivity index (χ1) is 27.5. The van der Waals surface area contributed by atoms with E-state index in [4.69, 9.17) is 34.4 Å². The number of rotatable bonds is 13. The molecular formula is C31H35F9N16O3. The third-order valence-electron chi connectivity index (χ3n) is 6.30. The van der Waals surface area contributed by atoms with Gasteiger partial charge in [-0.25, -0.2) is 10.0 Å². The van der Waals surface area contributed by atoms with E-state index in [1.807, 2.05) is 0 Å². The van der Waals surface area contributed by atoms with Crippen LogP contribution in [0.1, 0.15) is 0 Å². The standard InChI is InChI=1S/C31H35F9N16O3/c32-29(33,34)57-20-7-1-17(2-8-20)49-25(43)52-23(41)47-13-15-56(55-28(46)54-27(45)51-19-5-11-22(12-6-19)59-31(38,39)40)16-14-48-24(42)53-26(44)50-18-3-9-21(10-4-18)58-30(35,36)37/h1-12H,13-16H2,(H5,41,43,47,49,52)(H5,42,44,48,50,53)(H5,45,46,51,54,55). The van der Waals surface area contributed by atoms with Gasteiger partial charge in [-0.1, -0.05) is 0 Å². The van der Waals surface area contributed by atoms with Crippen molar-refractivity contribution in [2.24, 2.45) is 64.4 Å². The average Bonchev–Trinajstić information content (AvgIpc) is 3.08. The lowest BCUT2D eigenvalue weighted by molar-refractivity contribution is -0.275. The van der Waals surface area contributed by atoms with Crippen LogP contribution in [-0.4, -0.2) is 86.0 Å². The van der Waals surface area contributed by atoms with Gasteiger partial charge in [-0.15, -0.1) is 39.5 Å². The molecule has 0 aliphatic carbocycles. The van der Waals surface area contributed by atoms with Gasteiger partial charge in [0.2, 0.25) is 35.8 Å². The summed E-state index contributed by atoms with van der Waals surface area (Å²) >= 11 is 0. The van der Waals surface area contributed by atoms with E-state index in [1.165, 1.54) is 41.4 Å². The number of anilines is 2. The van der Waals surface area contributed by atoms with Crippen molar-refractivity contribution in [3.63, 3.8) is 0 Å². The number of nitrogens with one attached hydrogen (secondary N) is 3. The van der Waals surface area contributed by atoms with Gasteiger partial charge in [-0.3, -0.25) is 15.4 Å². The quantitative estimate of drug-likeness (QED) is 0.0518. The highest BCUT2D eigenvalue weighted by Crippen LogP contribution is 2.26. The van der Waals surface area contributed by atoms with E-state index in [2.05, 4.69) is 60.2 Å². The lowest BCUT2D eigenvalue weighted by Gasteiger charge is -2.22. The number of nitrogens with zero attached hydrogens (tertiary/aromatic N) is 7. The fourth-order valence-electron chi connectivity index (χ4n) is 4.13. The van der Waals surface area contributed by atoms with Crippen LogP contribution in [0.25, 0.3) is 0 Å². The predicted molar refractivity (Wildman–Crippen MR) is 200 cm³/mol. The largest absolute Gasteiger partial charge is 0.573 e. The number of hydrazine groups is 1. The molecule has 0 aromatic heterocycles. The van der Waals surface area contributed by atoms with Crippen LogP contribution in [0, 0.1) is 0 Å². The Labute approximate surface area is 327 Å². The van der Waals surface area contributed by atoms with Crippen LogP contribution in [0.15, 0.2) is 103 Å². The summed E-state index contributed by atoms with van der Waals surface area (Å²) in [6.45, 7) is -0.0875. The number of halogens is 9.